The first-order chi connectivity index (χ1) is 42.2. The molecule has 2 aromatic heterocycles. The Morgan fingerprint density at radius 1 is 0.602 bits per heavy atom. The first-order valence-electron chi connectivity index (χ1n) is 29.5. The summed E-state index contributed by atoms with van der Waals surface area (Å²) in [6.07, 6.45) is 5.35. The maximum atomic E-state index is 13.2. The summed E-state index contributed by atoms with van der Waals surface area (Å²) in [5, 5.41) is 11.4. The second-order valence-electron chi connectivity index (χ2n) is 23.7. The lowest BCUT2D eigenvalue weighted by atomic mass is 9.87. The van der Waals surface area contributed by atoms with E-state index < -0.39 is 33.2 Å². The molecule has 0 amide bonds. The van der Waals surface area contributed by atoms with E-state index in [1.54, 1.807) is 12.1 Å². The van der Waals surface area contributed by atoms with Crippen LogP contribution in [0.2, 0.25) is 0 Å². The fourth-order valence-corrected chi connectivity index (χ4v) is 10.5. The summed E-state index contributed by atoms with van der Waals surface area (Å²) in [4.78, 5) is 44.9. The lowest BCUT2D eigenvalue weighted by Gasteiger charge is -2.15. The number of carboxylic acid groups (broad SMARTS) is 1. The third kappa shape index (κ3) is 18.2. The first kappa shape index (κ1) is 69.6. The van der Waals surface area contributed by atoms with Gasteiger partial charge < -0.3 is 54.1 Å². The molecule has 88 heavy (non-hydrogen) atoms. The molecule has 3 fully saturated rings. The number of alkyl halides is 3. The maximum Gasteiger partial charge on any atom is 0.314 e. The molecule has 5 aromatic carbocycles. The number of Topliss-reactive ketones (excluding diaryl/α,β-unsaturated/α-hetero) is 1. The SMILES string of the molecule is CC(C)(C)c1cc2cc(CC(=O)C3(c4ccc5c(c4)OCO5)CC3)ccc2[nH]1.CC(C)(C)c1cc2cc(N)ccc2[nH]1.CCN(CC)CC.ClCCl.O=C(Cl)C1(c2ccc3c(c2)OCO3)CC1.O=C(O)C1(c2ccc3c(c2)OCO3)CC1.O=S(Cl)Cl.[2H]CF. The van der Waals surface area contributed by atoms with Crippen molar-refractivity contribution in [1.29, 1.82) is 0 Å². The number of nitrogens with one attached hydrogen (secondary N) is 2. The predicted octanol–water partition coefficient (Wildman–Crippen LogP) is 16.2. The molecule has 3 aliphatic carbocycles. The Balaban J connectivity index is 0.000000180. The van der Waals surface area contributed by atoms with Crippen molar-refractivity contribution < 1.29 is 57.9 Å². The molecule has 0 unspecified atom stereocenters. The minimum atomic E-state index is -1.67. The second kappa shape index (κ2) is 31.2. The van der Waals surface area contributed by atoms with Gasteiger partial charge in [-0.15, -0.1) is 23.2 Å². The summed E-state index contributed by atoms with van der Waals surface area (Å²) in [7, 11) is 6.36. The predicted molar refractivity (Wildman–Crippen MR) is 353 cm³/mol. The van der Waals surface area contributed by atoms with Crippen LogP contribution in [0, 0.1) is 0 Å². The van der Waals surface area contributed by atoms with Gasteiger partial charge in [-0.1, -0.05) is 86.6 Å². The summed E-state index contributed by atoms with van der Waals surface area (Å²) in [5.41, 5.74) is 13.9. The van der Waals surface area contributed by atoms with Gasteiger partial charge in [0.05, 0.1) is 30.1 Å². The van der Waals surface area contributed by atoms with Gasteiger partial charge in [-0.3, -0.25) is 18.8 Å². The van der Waals surface area contributed by atoms with Gasteiger partial charge in [0, 0.05) is 72.1 Å². The van der Waals surface area contributed by atoms with Crippen molar-refractivity contribution in [3.8, 4) is 34.5 Å². The monoisotopic (exact) mass is 1330 g/mol. The lowest BCUT2D eigenvalue weighted by Crippen LogP contribution is -2.22. The fourth-order valence-electron chi connectivity index (χ4n) is 10.2. The topological polar surface area (TPSA) is 205 Å². The number of halogens is 6. The average Bonchev–Trinajstić information content (AvgIpc) is 1.68. The van der Waals surface area contributed by atoms with Crippen LogP contribution in [0.5, 0.6) is 34.5 Å². The van der Waals surface area contributed by atoms with Crippen LogP contribution in [0.15, 0.2) is 103 Å². The van der Waals surface area contributed by atoms with Crippen molar-refractivity contribution >= 4 is 110 Å². The highest BCUT2D eigenvalue weighted by atomic mass is 36.0. The van der Waals surface area contributed by atoms with E-state index >= 15 is 0 Å². The van der Waals surface area contributed by atoms with Crippen LogP contribution >= 0.6 is 56.2 Å². The molecular weight excluding hydrogens is 1250 g/mol. The van der Waals surface area contributed by atoms with Crippen molar-refractivity contribution in [3.05, 3.63) is 137 Å². The fraction of sp³-hybridized carbons (Fsp3) is 0.439. The van der Waals surface area contributed by atoms with Gasteiger partial charge in [-0.25, -0.2) is 4.21 Å². The number of carbonyl (C=O) groups is 3. The molecule has 22 heteroatoms. The Morgan fingerprint density at radius 2 is 0.955 bits per heavy atom. The molecule has 3 aliphatic heterocycles. The van der Waals surface area contributed by atoms with Crippen LogP contribution < -0.4 is 34.2 Å². The maximum absolute atomic E-state index is 13.2. The Morgan fingerprint density at radius 3 is 1.30 bits per heavy atom. The standard InChI is InChI=1S/C24H25NO3.C12H16N2.C11H9ClO3.C11H10O4.C6H15N.CH2Cl2.CH3F.Cl2OS/c1-23(2,3)21-12-16-10-15(4-6-18(16)25-21)11-22(26)24(8-9-24)17-5-7-19-20(13-17)28-14-27-19;1-12(2,3)11-7-8-6-9(13)4-5-10(8)14-11;2*12-10(13)11(3-4-11)7-1-2-8-9(5-7)15-6-14-8;1-4-7(5-2)6-3;2-1-3;1-2;1-4(2)3/h4-7,10,12-13,25H,8-9,11,14H2,1-3H3;4-7,14H,13H2,1-3H3;1-2,5H,3-4,6H2;1-2,5H,3-4,6H2,(H,12,13);4-6H2,1-3H3;1H2;1H3;/i;;;;;;1D;. The molecule has 3 saturated carbocycles. The number of hydrogen-bond donors (Lipinski definition) is 4. The Hall–Kier alpha value is -5.92. The molecule has 0 atom stereocenters. The number of aromatic amines is 2. The van der Waals surface area contributed by atoms with Crippen LogP contribution in [0.1, 0.15) is 136 Å². The summed E-state index contributed by atoms with van der Waals surface area (Å²) in [5.74, 6) is 3.84. The highest BCUT2D eigenvalue weighted by Gasteiger charge is 2.53. The van der Waals surface area contributed by atoms with E-state index in [1.165, 1.54) is 41.8 Å². The number of H-pyrrole nitrogens is 2. The molecule has 7 aromatic rings. The van der Waals surface area contributed by atoms with Gasteiger partial charge in [0.1, 0.15) is 5.78 Å². The molecule has 0 bridgehead atoms. The van der Waals surface area contributed by atoms with E-state index in [0.717, 1.165) is 81.9 Å². The van der Waals surface area contributed by atoms with E-state index in [9.17, 15) is 18.8 Å². The molecule has 0 radical (unpaired) electrons. The van der Waals surface area contributed by atoms with E-state index in [2.05, 4.69) is 129 Å². The Bertz CT molecular complexity index is 3460. The second-order valence-corrected chi connectivity index (χ2v) is 27.3. The number of aromatic nitrogens is 2. The largest absolute Gasteiger partial charge is 0.481 e. The van der Waals surface area contributed by atoms with E-state index in [4.69, 9.17) is 79.6 Å². The summed E-state index contributed by atoms with van der Waals surface area (Å²) in [6.45, 7) is 24.0. The Labute approximate surface area is 543 Å². The third-order valence-electron chi connectivity index (χ3n) is 16.0. The van der Waals surface area contributed by atoms with Crippen LogP contribution in [-0.2, 0) is 57.1 Å². The zero-order valence-electron chi connectivity index (χ0n) is 52.2. The first-order valence-corrected chi connectivity index (χ1v) is 33.0. The van der Waals surface area contributed by atoms with Crippen molar-refractivity contribution in [2.75, 3.05) is 58.2 Å². The van der Waals surface area contributed by atoms with Crippen molar-refractivity contribution in [3.63, 3.8) is 0 Å². The number of nitrogens with two attached hydrogens (primary N) is 1. The van der Waals surface area contributed by atoms with Gasteiger partial charge in [-0.05, 0) is 176 Å². The molecule has 478 valence electrons. The molecule has 0 saturated heterocycles. The van der Waals surface area contributed by atoms with Gasteiger partial charge in [0.2, 0.25) is 34.8 Å². The van der Waals surface area contributed by atoms with Gasteiger partial charge >= 0.3 is 5.97 Å². The zero-order valence-corrected chi connectivity index (χ0v) is 55.7. The smallest absolute Gasteiger partial charge is 0.314 e. The summed E-state index contributed by atoms with van der Waals surface area (Å²) < 4.78 is 56.4. The van der Waals surface area contributed by atoms with Crippen LogP contribution in [0.4, 0.5) is 10.1 Å². The minimum absolute atomic E-state index is 0.0758. The van der Waals surface area contributed by atoms with Crippen molar-refractivity contribution in [1.82, 2.24) is 14.9 Å². The number of aliphatic carboxylic acids is 1. The number of rotatable bonds is 11. The number of fused-ring (bicyclic) bond motifs is 5. The van der Waals surface area contributed by atoms with Crippen molar-refractivity contribution in [2.24, 2.45) is 0 Å². The number of nitrogen functional groups attached to an aromatic ring is 1. The molecule has 6 aliphatic rings. The van der Waals surface area contributed by atoms with Crippen LogP contribution in [0.25, 0.3) is 21.8 Å². The molecule has 5 heterocycles. The minimum Gasteiger partial charge on any atom is -0.481 e. The number of carbonyl (C=O) groups excluding carboxylic acids is 2. The van der Waals surface area contributed by atoms with Crippen LogP contribution in [0.3, 0.4) is 0 Å². The van der Waals surface area contributed by atoms with Gasteiger partial charge in [0.15, 0.2) is 34.5 Å². The zero-order chi connectivity index (χ0) is 65.5. The number of carboxylic acids is 1. The molecule has 15 nitrogen and oxygen atoms in total. The number of benzene rings is 5. The number of ether oxygens (including phenoxy) is 6. The Kier molecular flexibility index (Phi) is 24.7. The summed E-state index contributed by atoms with van der Waals surface area (Å²) >= 11 is 15.1. The number of anilines is 1. The van der Waals surface area contributed by atoms with Crippen LogP contribution in [-0.4, -0.2) is 93.7 Å². The van der Waals surface area contributed by atoms with E-state index in [1.807, 2.05) is 60.7 Å². The highest BCUT2D eigenvalue weighted by molar-refractivity contribution is 8.26. The highest BCUT2D eigenvalue weighted by Crippen LogP contribution is 2.54. The molecule has 5 N–H and O–H groups in total. The number of nitrogens with zero attached hydrogens (tertiary/aromatic N) is 1. The summed E-state index contributed by atoms with van der Waals surface area (Å²) in [6, 6.07) is 33.5. The van der Waals surface area contributed by atoms with E-state index in [0.29, 0.717) is 36.5 Å². The molecular formula is C66H80Cl5FN4O11S. The quantitative estimate of drug-likeness (QED) is 0.0541. The van der Waals surface area contributed by atoms with Gasteiger partial charge in [-0.2, -0.15) is 0 Å². The van der Waals surface area contributed by atoms with E-state index in [-0.39, 0.29) is 53.0 Å². The molecule has 0 spiro atoms. The van der Waals surface area contributed by atoms with Crippen molar-refractivity contribution in [2.45, 2.75) is 134 Å². The normalized spacial score (nSPS) is 15.9. The average molecular weight is 1330 g/mol. The number of ketones is 1. The lowest BCUT2D eigenvalue weighted by molar-refractivity contribution is -0.140. The number of hydrogen-bond acceptors (Lipinski definition) is 12. The third-order valence-corrected chi connectivity index (χ3v) is 16.4. The molecule has 13 rings (SSSR count). The van der Waals surface area contributed by atoms with Gasteiger partial charge in [0.25, 0.3) is 0 Å².